The van der Waals surface area contributed by atoms with Crippen molar-refractivity contribution in [2.45, 2.75) is 13.0 Å². The minimum Gasteiger partial charge on any atom is -0.503 e. The average molecular weight is 530 g/mol. The van der Waals surface area contributed by atoms with Gasteiger partial charge in [0.05, 0.1) is 31.9 Å². The molecule has 2 heterocycles. The summed E-state index contributed by atoms with van der Waals surface area (Å²) in [6, 6.07) is 11.3. The maximum absolute atomic E-state index is 13.6. The minimum absolute atomic E-state index is 0.0274. The van der Waals surface area contributed by atoms with Crippen LogP contribution in [0.15, 0.2) is 62.7 Å². The van der Waals surface area contributed by atoms with E-state index in [1.54, 1.807) is 36.4 Å². The molecule has 1 atom stereocenters. The molecule has 0 radical (unpaired) electrons. The first kappa shape index (κ1) is 23.8. The van der Waals surface area contributed by atoms with E-state index in [2.05, 4.69) is 15.9 Å². The maximum Gasteiger partial charge on any atom is 0.290 e. The SMILES string of the molecule is CCOc1cc(C2C(C(=O)c3cc4cc(Br)ccc4o3)=C(O)C(=O)N2CCOC)ccc1OC. The topological polar surface area (TPSA) is 98.4 Å². The number of ketones is 1. The lowest BCUT2D eigenvalue weighted by Gasteiger charge is -2.27. The predicted molar refractivity (Wildman–Crippen MR) is 128 cm³/mol. The molecule has 3 aromatic rings. The number of halogens is 1. The van der Waals surface area contributed by atoms with Crippen LogP contribution < -0.4 is 9.47 Å². The first-order valence-corrected chi connectivity index (χ1v) is 11.5. The monoisotopic (exact) mass is 529 g/mol. The molecule has 178 valence electrons. The number of furan rings is 1. The lowest BCUT2D eigenvalue weighted by molar-refractivity contribution is -0.130. The molecular weight excluding hydrogens is 506 g/mol. The summed E-state index contributed by atoms with van der Waals surface area (Å²) >= 11 is 3.40. The first-order chi connectivity index (χ1) is 16.4. The van der Waals surface area contributed by atoms with Gasteiger partial charge in [-0.1, -0.05) is 22.0 Å². The number of ether oxygens (including phenoxy) is 3. The van der Waals surface area contributed by atoms with Gasteiger partial charge in [0.1, 0.15) is 5.58 Å². The quantitative estimate of drug-likeness (QED) is 0.396. The molecule has 1 aliphatic heterocycles. The first-order valence-electron chi connectivity index (χ1n) is 10.7. The van der Waals surface area contributed by atoms with Crippen LogP contribution in [0, 0.1) is 0 Å². The number of Topliss-reactive ketones (excluding diaryl/α,β-unsaturated/α-hetero) is 1. The lowest BCUT2D eigenvalue weighted by Crippen LogP contribution is -2.34. The molecule has 1 unspecified atom stereocenters. The zero-order chi connectivity index (χ0) is 24.4. The number of benzene rings is 2. The number of carbonyl (C=O) groups excluding carboxylic acids is 2. The van der Waals surface area contributed by atoms with E-state index >= 15 is 0 Å². The molecule has 0 saturated carbocycles. The molecule has 1 N–H and O–H groups in total. The predicted octanol–water partition coefficient (Wildman–Crippen LogP) is 4.83. The number of carbonyl (C=O) groups is 2. The second-order valence-corrected chi connectivity index (χ2v) is 8.54. The van der Waals surface area contributed by atoms with E-state index in [1.807, 2.05) is 13.0 Å². The molecule has 1 amide bonds. The molecule has 1 aliphatic rings. The fourth-order valence-electron chi connectivity index (χ4n) is 4.04. The third kappa shape index (κ3) is 4.28. The van der Waals surface area contributed by atoms with Gasteiger partial charge in [-0.2, -0.15) is 0 Å². The molecule has 0 spiro atoms. The lowest BCUT2D eigenvalue weighted by atomic mass is 9.94. The van der Waals surface area contributed by atoms with Gasteiger partial charge in [-0.15, -0.1) is 0 Å². The maximum atomic E-state index is 13.6. The van der Waals surface area contributed by atoms with Crippen LogP contribution in [0.5, 0.6) is 11.5 Å². The highest BCUT2D eigenvalue weighted by Crippen LogP contribution is 2.42. The number of amides is 1. The molecule has 9 heteroatoms. The number of hydrogen-bond acceptors (Lipinski definition) is 7. The van der Waals surface area contributed by atoms with E-state index in [1.165, 1.54) is 19.1 Å². The minimum atomic E-state index is -0.861. The summed E-state index contributed by atoms with van der Waals surface area (Å²) in [5.41, 5.74) is 1.04. The number of aliphatic hydroxyl groups excluding tert-OH is 1. The van der Waals surface area contributed by atoms with Crippen LogP contribution in [0.3, 0.4) is 0 Å². The number of nitrogens with zero attached hydrogens (tertiary/aromatic N) is 1. The van der Waals surface area contributed by atoms with Gasteiger partial charge in [-0.25, -0.2) is 0 Å². The number of aliphatic hydroxyl groups is 1. The van der Waals surface area contributed by atoms with E-state index in [-0.39, 0.29) is 24.5 Å². The van der Waals surface area contributed by atoms with Crippen molar-refractivity contribution in [3.8, 4) is 11.5 Å². The number of rotatable bonds is 9. The molecule has 0 aliphatic carbocycles. The van der Waals surface area contributed by atoms with Crippen LogP contribution in [0.2, 0.25) is 0 Å². The Morgan fingerprint density at radius 3 is 2.65 bits per heavy atom. The van der Waals surface area contributed by atoms with Crippen molar-refractivity contribution in [3.05, 3.63) is 69.6 Å². The van der Waals surface area contributed by atoms with Crippen molar-refractivity contribution in [1.29, 1.82) is 0 Å². The molecule has 34 heavy (non-hydrogen) atoms. The summed E-state index contributed by atoms with van der Waals surface area (Å²) in [5, 5.41) is 11.5. The van der Waals surface area contributed by atoms with E-state index in [0.717, 1.165) is 9.86 Å². The highest BCUT2D eigenvalue weighted by molar-refractivity contribution is 9.10. The number of methoxy groups -OCH3 is 2. The summed E-state index contributed by atoms with van der Waals surface area (Å²) < 4.78 is 22.8. The summed E-state index contributed by atoms with van der Waals surface area (Å²) in [7, 11) is 3.05. The second kappa shape index (κ2) is 9.90. The van der Waals surface area contributed by atoms with Gasteiger partial charge in [0, 0.05) is 23.5 Å². The van der Waals surface area contributed by atoms with Gasteiger partial charge in [0.15, 0.2) is 23.0 Å². The van der Waals surface area contributed by atoms with Crippen molar-refractivity contribution in [3.63, 3.8) is 0 Å². The van der Waals surface area contributed by atoms with Crippen LogP contribution in [-0.4, -0.2) is 55.7 Å². The van der Waals surface area contributed by atoms with Crippen molar-refractivity contribution in [2.75, 3.05) is 34.0 Å². The van der Waals surface area contributed by atoms with Gasteiger partial charge >= 0.3 is 0 Å². The van der Waals surface area contributed by atoms with Crippen LogP contribution in [0.25, 0.3) is 11.0 Å². The normalized spacial score (nSPS) is 15.9. The summed E-state index contributed by atoms with van der Waals surface area (Å²) in [6.07, 6.45) is 0. The Labute approximate surface area is 204 Å². The van der Waals surface area contributed by atoms with Gasteiger partial charge in [0.25, 0.3) is 5.91 Å². The van der Waals surface area contributed by atoms with Crippen molar-refractivity contribution in [1.82, 2.24) is 4.90 Å². The molecule has 0 fully saturated rings. The molecule has 2 aromatic carbocycles. The Morgan fingerprint density at radius 1 is 1.15 bits per heavy atom. The molecule has 8 nitrogen and oxygen atoms in total. The Bertz CT molecular complexity index is 1280. The van der Waals surface area contributed by atoms with Crippen LogP contribution in [0.1, 0.15) is 29.1 Å². The third-order valence-corrected chi connectivity index (χ3v) is 6.08. The standard InChI is InChI=1S/C25H24BrNO7/c1-4-33-19-12-14(5-7-18(19)32-3)22-21(24(29)25(30)27(22)9-10-31-2)23(28)20-13-15-11-16(26)6-8-17(15)34-20/h5-8,11-13,22,29H,4,9-10H2,1-3H3. The van der Waals surface area contributed by atoms with Crippen LogP contribution in [-0.2, 0) is 9.53 Å². The highest BCUT2D eigenvalue weighted by Gasteiger charge is 2.44. The molecule has 1 aromatic heterocycles. The van der Waals surface area contributed by atoms with Crippen molar-refractivity contribution in [2.24, 2.45) is 0 Å². The summed E-state index contributed by atoms with van der Waals surface area (Å²) in [6.45, 7) is 2.64. The Morgan fingerprint density at radius 2 is 1.94 bits per heavy atom. The van der Waals surface area contributed by atoms with E-state index < -0.39 is 23.5 Å². The highest BCUT2D eigenvalue weighted by atomic mass is 79.9. The van der Waals surface area contributed by atoms with Crippen molar-refractivity contribution >= 4 is 38.6 Å². The Hall–Kier alpha value is -3.30. The summed E-state index contributed by atoms with van der Waals surface area (Å²) in [4.78, 5) is 28.0. The second-order valence-electron chi connectivity index (χ2n) is 7.62. The largest absolute Gasteiger partial charge is 0.503 e. The summed E-state index contributed by atoms with van der Waals surface area (Å²) in [5.74, 6) is -0.827. The van der Waals surface area contributed by atoms with Crippen molar-refractivity contribution < 1.29 is 33.3 Å². The van der Waals surface area contributed by atoms with Gasteiger partial charge in [0.2, 0.25) is 5.78 Å². The zero-order valence-electron chi connectivity index (χ0n) is 19.0. The van der Waals surface area contributed by atoms with Crippen LogP contribution >= 0.6 is 15.9 Å². The number of hydrogen-bond donors (Lipinski definition) is 1. The molecular formula is C25H24BrNO7. The number of fused-ring (bicyclic) bond motifs is 1. The smallest absolute Gasteiger partial charge is 0.290 e. The molecule has 0 saturated heterocycles. The van der Waals surface area contributed by atoms with Gasteiger partial charge < -0.3 is 28.6 Å². The van der Waals surface area contributed by atoms with Gasteiger partial charge in [-0.05, 0) is 48.9 Å². The van der Waals surface area contributed by atoms with E-state index in [9.17, 15) is 14.7 Å². The fraction of sp³-hybridized carbons (Fsp3) is 0.280. The molecule has 0 bridgehead atoms. The Kier molecular flexibility index (Phi) is 6.95. The van der Waals surface area contributed by atoms with E-state index in [0.29, 0.717) is 29.3 Å². The van der Waals surface area contributed by atoms with Gasteiger partial charge in [-0.3, -0.25) is 9.59 Å². The Balaban J connectivity index is 1.82. The van der Waals surface area contributed by atoms with E-state index in [4.69, 9.17) is 18.6 Å². The third-order valence-electron chi connectivity index (χ3n) is 5.59. The average Bonchev–Trinajstić information content (AvgIpc) is 3.36. The fourth-order valence-corrected chi connectivity index (χ4v) is 4.42. The zero-order valence-corrected chi connectivity index (χ0v) is 20.5. The van der Waals surface area contributed by atoms with Crippen LogP contribution in [0.4, 0.5) is 0 Å². The molecule has 4 rings (SSSR count).